The maximum atomic E-state index is 6.14. The molecule has 2 unspecified atom stereocenters. The lowest BCUT2D eigenvalue weighted by Gasteiger charge is -2.27. The van der Waals surface area contributed by atoms with Gasteiger partial charge in [-0.25, -0.2) is 4.98 Å². The second kappa shape index (κ2) is 6.47. The molecular weight excluding hydrogens is 230 g/mol. The summed E-state index contributed by atoms with van der Waals surface area (Å²) in [6.07, 6.45) is 3.94. The Morgan fingerprint density at radius 1 is 1.47 bits per heavy atom. The van der Waals surface area contributed by atoms with Gasteiger partial charge in [0.1, 0.15) is 5.01 Å². The summed E-state index contributed by atoms with van der Waals surface area (Å²) in [5.74, 6) is 0. The molecule has 17 heavy (non-hydrogen) atoms. The summed E-state index contributed by atoms with van der Waals surface area (Å²) in [5.41, 5.74) is 6.33. The van der Waals surface area contributed by atoms with E-state index in [1.807, 2.05) is 11.6 Å². The Morgan fingerprint density at radius 3 is 2.65 bits per heavy atom. The van der Waals surface area contributed by atoms with Gasteiger partial charge in [0.15, 0.2) is 0 Å². The van der Waals surface area contributed by atoms with Crippen LogP contribution in [0.5, 0.6) is 0 Å². The van der Waals surface area contributed by atoms with Crippen molar-refractivity contribution in [1.82, 2.24) is 10.3 Å². The fraction of sp³-hybridized carbons (Fsp3) is 0.769. The predicted octanol–water partition coefficient (Wildman–Crippen LogP) is 2.95. The van der Waals surface area contributed by atoms with Gasteiger partial charge >= 0.3 is 0 Å². The van der Waals surface area contributed by atoms with E-state index in [2.05, 4.69) is 38.0 Å². The zero-order valence-electron chi connectivity index (χ0n) is 11.4. The molecule has 3 N–H and O–H groups in total. The van der Waals surface area contributed by atoms with Crippen molar-refractivity contribution in [2.75, 3.05) is 6.54 Å². The number of nitrogens with two attached hydrogens (primary N) is 1. The number of thiazole rings is 1. The zero-order chi connectivity index (χ0) is 12.9. The molecule has 3 nitrogen and oxygen atoms in total. The zero-order valence-corrected chi connectivity index (χ0v) is 12.2. The molecule has 1 rings (SSSR count). The standard InChI is InChI=1S/C13H25N3S/c1-5-10(12-16-8-9-17-12)15-7-6-11(14)13(2,3)4/h8-11,15H,5-7,14H2,1-4H3. The summed E-state index contributed by atoms with van der Waals surface area (Å²) < 4.78 is 0. The number of hydrogen-bond donors (Lipinski definition) is 2. The van der Waals surface area contributed by atoms with Crippen LogP contribution in [0.4, 0.5) is 0 Å². The van der Waals surface area contributed by atoms with Crippen molar-refractivity contribution in [2.45, 2.75) is 52.6 Å². The largest absolute Gasteiger partial charge is 0.327 e. The maximum absolute atomic E-state index is 6.14. The number of nitrogens with one attached hydrogen (secondary N) is 1. The van der Waals surface area contributed by atoms with Crippen LogP contribution in [0.2, 0.25) is 0 Å². The van der Waals surface area contributed by atoms with Gasteiger partial charge in [0.25, 0.3) is 0 Å². The second-order valence-corrected chi connectivity index (χ2v) is 6.47. The first-order valence-corrected chi connectivity index (χ1v) is 7.21. The molecule has 2 atom stereocenters. The number of rotatable bonds is 6. The molecule has 0 spiro atoms. The fourth-order valence-corrected chi connectivity index (χ4v) is 2.46. The molecule has 1 aromatic rings. The van der Waals surface area contributed by atoms with Gasteiger partial charge in [0.05, 0.1) is 6.04 Å². The van der Waals surface area contributed by atoms with Crippen LogP contribution in [-0.2, 0) is 0 Å². The van der Waals surface area contributed by atoms with Crippen LogP contribution >= 0.6 is 11.3 Å². The third-order valence-electron chi connectivity index (χ3n) is 3.12. The molecule has 0 aliphatic heterocycles. The van der Waals surface area contributed by atoms with E-state index in [1.54, 1.807) is 11.3 Å². The quantitative estimate of drug-likeness (QED) is 0.821. The van der Waals surface area contributed by atoms with Crippen LogP contribution in [0.1, 0.15) is 51.6 Å². The summed E-state index contributed by atoms with van der Waals surface area (Å²) in [4.78, 5) is 4.36. The minimum Gasteiger partial charge on any atom is -0.327 e. The van der Waals surface area contributed by atoms with Crippen LogP contribution < -0.4 is 11.1 Å². The van der Waals surface area contributed by atoms with E-state index < -0.39 is 0 Å². The van der Waals surface area contributed by atoms with E-state index in [0.717, 1.165) is 19.4 Å². The van der Waals surface area contributed by atoms with E-state index in [0.29, 0.717) is 6.04 Å². The third-order valence-corrected chi connectivity index (χ3v) is 4.01. The van der Waals surface area contributed by atoms with Gasteiger partial charge in [-0.15, -0.1) is 11.3 Å². The Balaban J connectivity index is 2.35. The van der Waals surface area contributed by atoms with Gasteiger partial charge in [-0.2, -0.15) is 0 Å². The summed E-state index contributed by atoms with van der Waals surface area (Å²) in [5, 5.41) is 6.75. The smallest absolute Gasteiger partial charge is 0.109 e. The average molecular weight is 255 g/mol. The molecule has 0 fully saturated rings. The van der Waals surface area contributed by atoms with Crippen LogP contribution in [-0.4, -0.2) is 17.6 Å². The Hall–Kier alpha value is -0.450. The van der Waals surface area contributed by atoms with Crippen LogP contribution in [0, 0.1) is 5.41 Å². The summed E-state index contributed by atoms with van der Waals surface area (Å²) in [6.45, 7) is 9.71. The van der Waals surface area contributed by atoms with E-state index in [4.69, 9.17) is 5.73 Å². The van der Waals surface area contributed by atoms with Gasteiger partial charge in [-0.3, -0.25) is 0 Å². The molecule has 4 heteroatoms. The molecule has 0 aliphatic carbocycles. The first kappa shape index (κ1) is 14.6. The van der Waals surface area contributed by atoms with Crippen molar-refractivity contribution in [1.29, 1.82) is 0 Å². The minimum absolute atomic E-state index is 0.185. The number of aromatic nitrogens is 1. The highest BCUT2D eigenvalue weighted by atomic mass is 32.1. The van der Waals surface area contributed by atoms with E-state index in [1.165, 1.54) is 5.01 Å². The van der Waals surface area contributed by atoms with Crippen molar-refractivity contribution in [3.63, 3.8) is 0 Å². The predicted molar refractivity (Wildman–Crippen MR) is 75.2 cm³/mol. The lowest BCUT2D eigenvalue weighted by atomic mass is 9.85. The Morgan fingerprint density at radius 2 is 2.18 bits per heavy atom. The molecule has 0 amide bonds. The molecular formula is C13H25N3S. The van der Waals surface area contributed by atoms with E-state index in [-0.39, 0.29) is 11.5 Å². The van der Waals surface area contributed by atoms with Crippen molar-refractivity contribution in [3.8, 4) is 0 Å². The highest BCUT2D eigenvalue weighted by Gasteiger charge is 2.20. The molecule has 0 saturated carbocycles. The molecule has 0 radical (unpaired) electrons. The highest BCUT2D eigenvalue weighted by molar-refractivity contribution is 7.09. The molecule has 0 saturated heterocycles. The van der Waals surface area contributed by atoms with Crippen LogP contribution in [0.25, 0.3) is 0 Å². The monoisotopic (exact) mass is 255 g/mol. The van der Waals surface area contributed by atoms with E-state index in [9.17, 15) is 0 Å². The number of nitrogens with zero attached hydrogens (tertiary/aromatic N) is 1. The van der Waals surface area contributed by atoms with Gasteiger partial charge in [0, 0.05) is 17.6 Å². The molecule has 1 aromatic heterocycles. The summed E-state index contributed by atoms with van der Waals surface area (Å²) in [6, 6.07) is 0.617. The maximum Gasteiger partial charge on any atom is 0.109 e. The van der Waals surface area contributed by atoms with Gasteiger partial charge in [-0.05, 0) is 24.8 Å². The van der Waals surface area contributed by atoms with Crippen LogP contribution in [0.3, 0.4) is 0 Å². The SMILES string of the molecule is CCC(NCCC(N)C(C)(C)C)c1nccs1. The van der Waals surface area contributed by atoms with Gasteiger partial charge in [0.2, 0.25) is 0 Å². The molecule has 0 aromatic carbocycles. The summed E-state index contributed by atoms with van der Waals surface area (Å²) >= 11 is 1.72. The first-order chi connectivity index (χ1) is 7.95. The highest BCUT2D eigenvalue weighted by Crippen LogP contribution is 2.21. The van der Waals surface area contributed by atoms with Crippen molar-refractivity contribution in [3.05, 3.63) is 16.6 Å². The molecule has 0 bridgehead atoms. The minimum atomic E-state index is 0.185. The number of hydrogen-bond acceptors (Lipinski definition) is 4. The first-order valence-electron chi connectivity index (χ1n) is 6.33. The molecule has 98 valence electrons. The third kappa shape index (κ3) is 4.74. The van der Waals surface area contributed by atoms with Crippen molar-refractivity contribution < 1.29 is 0 Å². The lowest BCUT2D eigenvalue weighted by Crippen LogP contribution is -2.38. The van der Waals surface area contributed by atoms with E-state index >= 15 is 0 Å². The fourth-order valence-electron chi connectivity index (χ4n) is 1.66. The van der Waals surface area contributed by atoms with Gasteiger partial charge in [-0.1, -0.05) is 27.7 Å². The second-order valence-electron chi connectivity index (χ2n) is 5.55. The van der Waals surface area contributed by atoms with Crippen LogP contribution in [0.15, 0.2) is 11.6 Å². The normalized spacial score (nSPS) is 15.8. The summed E-state index contributed by atoms with van der Waals surface area (Å²) in [7, 11) is 0. The Labute approximate surface area is 109 Å². The Bertz CT molecular complexity index is 303. The lowest BCUT2D eigenvalue weighted by molar-refractivity contribution is 0.298. The van der Waals surface area contributed by atoms with Crippen molar-refractivity contribution in [2.24, 2.45) is 11.1 Å². The van der Waals surface area contributed by atoms with Crippen molar-refractivity contribution >= 4 is 11.3 Å². The Kier molecular flexibility index (Phi) is 5.56. The molecule has 1 heterocycles. The average Bonchev–Trinajstić information content (AvgIpc) is 2.76. The van der Waals surface area contributed by atoms with Gasteiger partial charge < -0.3 is 11.1 Å². The molecule has 0 aliphatic rings. The topological polar surface area (TPSA) is 50.9 Å².